The maximum atomic E-state index is 12.6. The fourth-order valence-corrected chi connectivity index (χ4v) is 2.48. The zero-order valence-electron chi connectivity index (χ0n) is 12.5. The van der Waals surface area contributed by atoms with Crippen LogP contribution in [0.25, 0.3) is 0 Å². The number of anilines is 1. The molecule has 0 aliphatic rings. The molecule has 0 saturated carbocycles. The van der Waals surface area contributed by atoms with Gasteiger partial charge in [-0.2, -0.15) is 5.26 Å². The monoisotopic (exact) mass is 312 g/mol. The summed E-state index contributed by atoms with van der Waals surface area (Å²) in [5, 5.41) is 12.4. The molecule has 1 unspecified atom stereocenters. The highest BCUT2D eigenvalue weighted by Crippen LogP contribution is 2.27. The molecule has 0 aromatic heterocycles. The molecule has 3 nitrogen and oxygen atoms in total. The molecule has 2 rings (SSSR count). The fraction of sp³-hybridized carbons (Fsp3) is 0.222. The molecule has 0 fully saturated rings. The van der Waals surface area contributed by atoms with E-state index < -0.39 is 0 Å². The van der Waals surface area contributed by atoms with Crippen molar-refractivity contribution in [1.82, 2.24) is 0 Å². The Morgan fingerprint density at radius 2 is 1.68 bits per heavy atom. The second-order valence-electron chi connectivity index (χ2n) is 5.45. The molecule has 0 spiro atoms. The number of benzene rings is 2. The molecule has 1 amide bonds. The van der Waals surface area contributed by atoms with Crippen LogP contribution in [0.3, 0.4) is 0 Å². The van der Waals surface area contributed by atoms with Crippen molar-refractivity contribution in [1.29, 1.82) is 5.26 Å². The third-order valence-electron chi connectivity index (χ3n) is 3.46. The van der Waals surface area contributed by atoms with Crippen molar-refractivity contribution < 1.29 is 4.79 Å². The number of hydrogen-bond acceptors (Lipinski definition) is 2. The van der Waals surface area contributed by atoms with Gasteiger partial charge in [-0.25, -0.2) is 0 Å². The van der Waals surface area contributed by atoms with Crippen molar-refractivity contribution in [3.63, 3.8) is 0 Å². The SMILES string of the molecule is CC(C)C(C(=O)Nc1ccc(C#N)cc1)c1ccc(Cl)cc1. The minimum atomic E-state index is -0.257. The van der Waals surface area contributed by atoms with Crippen LogP contribution in [0.15, 0.2) is 48.5 Å². The molecule has 0 radical (unpaired) electrons. The molecule has 0 bridgehead atoms. The molecule has 4 heteroatoms. The first-order valence-electron chi connectivity index (χ1n) is 7.07. The molecular formula is C18H17ClN2O. The van der Waals surface area contributed by atoms with Crippen molar-refractivity contribution >= 4 is 23.2 Å². The topological polar surface area (TPSA) is 52.9 Å². The van der Waals surface area contributed by atoms with Gasteiger partial charge in [0.1, 0.15) is 0 Å². The Kier molecular flexibility index (Phi) is 5.19. The van der Waals surface area contributed by atoms with Crippen LogP contribution < -0.4 is 5.32 Å². The Balaban J connectivity index is 2.19. The smallest absolute Gasteiger partial charge is 0.232 e. The average Bonchev–Trinajstić information content (AvgIpc) is 2.50. The van der Waals surface area contributed by atoms with E-state index >= 15 is 0 Å². The van der Waals surface area contributed by atoms with Crippen LogP contribution in [-0.2, 0) is 4.79 Å². The summed E-state index contributed by atoms with van der Waals surface area (Å²) >= 11 is 5.91. The molecule has 2 aromatic rings. The molecule has 0 aliphatic heterocycles. The van der Waals surface area contributed by atoms with E-state index in [4.69, 9.17) is 16.9 Å². The van der Waals surface area contributed by atoms with Crippen LogP contribution in [0.5, 0.6) is 0 Å². The molecule has 0 saturated heterocycles. The Labute approximate surface area is 135 Å². The van der Waals surface area contributed by atoms with Gasteiger partial charge in [0.05, 0.1) is 17.6 Å². The summed E-state index contributed by atoms with van der Waals surface area (Å²) in [5.74, 6) is -0.172. The third kappa shape index (κ3) is 3.87. The Morgan fingerprint density at radius 1 is 1.09 bits per heavy atom. The number of rotatable bonds is 4. The molecule has 0 aliphatic carbocycles. The van der Waals surface area contributed by atoms with E-state index in [9.17, 15) is 4.79 Å². The maximum Gasteiger partial charge on any atom is 0.232 e. The molecule has 0 heterocycles. The van der Waals surface area contributed by atoms with Gasteiger partial charge >= 0.3 is 0 Å². The van der Waals surface area contributed by atoms with E-state index in [1.54, 1.807) is 36.4 Å². The van der Waals surface area contributed by atoms with Gasteiger partial charge in [-0.05, 0) is 47.9 Å². The van der Waals surface area contributed by atoms with Crippen LogP contribution in [0.1, 0.15) is 30.9 Å². The largest absolute Gasteiger partial charge is 0.326 e. The summed E-state index contributed by atoms with van der Waals surface area (Å²) in [4.78, 5) is 12.6. The van der Waals surface area contributed by atoms with Gasteiger partial charge in [-0.1, -0.05) is 37.6 Å². The standard InChI is InChI=1S/C18H17ClN2O/c1-12(2)17(14-5-7-15(19)8-6-14)18(22)21-16-9-3-13(11-20)4-10-16/h3-10,12,17H,1-2H3,(H,21,22). The third-order valence-corrected chi connectivity index (χ3v) is 3.71. The first-order valence-corrected chi connectivity index (χ1v) is 7.45. The lowest BCUT2D eigenvalue weighted by molar-refractivity contribution is -0.118. The summed E-state index contributed by atoms with van der Waals surface area (Å²) in [5.41, 5.74) is 2.19. The summed E-state index contributed by atoms with van der Waals surface area (Å²) in [6.07, 6.45) is 0. The van der Waals surface area contributed by atoms with E-state index in [0.717, 1.165) is 5.56 Å². The first kappa shape index (κ1) is 16.1. The highest BCUT2D eigenvalue weighted by Gasteiger charge is 2.24. The number of carbonyl (C=O) groups excluding carboxylic acids is 1. The molecule has 22 heavy (non-hydrogen) atoms. The van der Waals surface area contributed by atoms with Gasteiger partial charge in [0.25, 0.3) is 0 Å². The predicted molar refractivity (Wildman–Crippen MR) is 88.8 cm³/mol. The number of nitrogens with one attached hydrogen (secondary N) is 1. The van der Waals surface area contributed by atoms with Crippen LogP contribution in [0, 0.1) is 17.2 Å². The normalized spacial score (nSPS) is 11.8. The van der Waals surface area contributed by atoms with Crippen molar-refractivity contribution in [3.05, 3.63) is 64.7 Å². The van der Waals surface area contributed by atoms with Crippen molar-refractivity contribution in [2.24, 2.45) is 5.92 Å². The lowest BCUT2D eigenvalue weighted by Gasteiger charge is -2.21. The summed E-state index contributed by atoms with van der Waals surface area (Å²) < 4.78 is 0. The van der Waals surface area contributed by atoms with Crippen molar-refractivity contribution in [3.8, 4) is 6.07 Å². The van der Waals surface area contributed by atoms with Crippen LogP contribution in [-0.4, -0.2) is 5.91 Å². The maximum absolute atomic E-state index is 12.6. The number of hydrogen-bond donors (Lipinski definition) is 1. The lowest BCUT2D eigenvalue weighted by atomic mass is 9.87. The van der Waals surface area contributed by atoms with Crippen LogP contribution in [0.2, 0.25) is 5.02 Å². The minimum Gasteiger partial charge on any atom is -0.326 e. The van der Waals surface area contributed by atoms with Crippen molar-refractivity contribution in [2.75, 3.05) is 5.32 Å². The van der Waals surface area contributed by atoms with E-state index in [0.29, 0.717) is 16.3 Å². The highest BCUT2D eigenvalue weighted by atomic mass is 35.5. The fourth-order valence-electron chi connectivity index (χ4n) is 2.36. The van der Waals surface area contributed by atoms with Gasteiger partial charge in [-0.3, -0.25) is 4.79 Å². The van der Waals surface area contributed by atoms with E-state index in [2.05, 4.69) is 11.4 Å². The zero-order valence-corrected chi connectivity index (χ0v) is 13.3. The minimum absolute atomic E-state index is 0.0676. The average molecular weight is 313 g/mol. The van der Waals surface area contributed by atoms with E-state index in [1.165, 1.54) is 0 Å². The summed E-state index contributed by atoms with van der Waals surface area (Å²) in [6, 6.07) is 16.2. The van der Waals surface area contributed by atoms with Gasteiger partial charge in [0.2, 0.25) is 5.91 Å². The number of carbonyl (C=O) groups is 1. The molecular weight excluding hydrogens is 296 g/mol. The van der Waals surface area contributed by atoms with Crippen LogP contribution in [0.4, 0.5) is 5.69 Å². The molecule has 1 atom stereocenters. The number of amides is 1. The van der Waals surface area contributed by atoms with E-state index in [-0.39, 0.29) is 17.7 Å². The Morgan fingerprint density at radius 3 is 2.18 bits per heavy atom. The number of nitriles is 1. The second-order valence-corrected chi connectivity index (χ2v) is 5.89. The van der Waals surface area contributed by atoms with Crippen LogP contribution >= 0.6 is 11.6 Å². The van der Waals surface area contributed by atoms with Gasteiger partial charge in [0, 0.05) is 10.7 Å². The highest BCUT2D eigenvalue weighted by molar-refractivity contribution is 6.30. The molecule has 2 aromatic carbocycles. The quantitative estimate of drug-likeness (QED) is 0.897. The summed E-state index contributed by atoms with van der Waals surface area (Å²) in [7, 11) is 0. The molecule has 112 valence electrons. The lowest BCUT2D eigenvalue weighted by Crippen LogP contribution is -2.25. The number of nitrogens with zero attached hydrogens (tertiary/aromatic N) is 1. The van der Waals surface area contributed by atoms with Gasteiger partial charge in [-0.15, -0.1) is 0 Å². The van der Waals surface area contributed by atoms with Gasteiger partial charge < -0.3 is 5.32 Å². The summed E-state index contributed by atoms with van der Waals surface area (Å²) in [6.45, 7) is 4.02. The predicted octanol–water partition coefficient (Wildman–Crippen LogP) is 4.59. The van der Waals surface area contributed by atoms with Crippen molar-refractivity contribution in [2.45, 2.75) is 19.8 Å². The Hall–Kier alpha value is -2.31. The molecule has 1 N–H and O–H groups in total. The second kappa shape index (κ2) is 7.11. The van der Waals surface area contributed by atoms with Gasteiger partial charge in [0.15, 0.2) is 0 Å². The Bertz CT molecular complexity index is 685. The first-order chi connectivity index (χ1) is 10.5. The van der Waals surface area contributed by atoms with E-state index in [1.807, 2.05) is 26.0 Å². The number of halogens is 1. The zero-order chi connectivity index (χ0) is 16.1.